The topological polar surface area (TPSA) is 37.3 Å². The van der Waals surface area contributed by atoms with Gasteiger partial charge in [0.25, 0.3) is 0 Å². The van der Waals surface area contributed by atoms with Crippen molar-refractivity contribution in [2.45, 2.75) is 0 Å². The molecule has 0 heterocycles. The molecule has 0 aliphatic carbocycles. The van der Waals surface area contributed by atoms with Gasteiger partial charge in [0, 0.05) is 59.2 Å². The molecule has 0 unspecified atom stereocenters. The molecule has 236 valence electrons. The maximum absolute atomic E-state index is 16.7. The predicted molar refractivity (Wildman–Crippen MR) is 146 cm³/mol. The van der Waals surface area contributed by atoms with Crippen molar-refractivity contribution in [2.24, 2.45) is 0 Å². The molecule has 0 fully saturated rings. The highest BCUT2D eigenvalue weighted by atomic mass is 19.2. The van der Waals surface area contributed by atoms with E-state index in [9.17, 15) is 9.90 Å². The van der Waals surface area contributed by atoms with Crippen LogP contribution in [-0.4, -0.2) is 11.1 Å². The summed E-state index contributed by atoms with van der Waals surface area (Å²) in [5.74, 6) is -32.0. The van der Waals surface area contributed by atoms with Gasteiger partial charge in [-0.05, 0) is 0 Å². The third kappa shape index (κ3) is 2.38. The molecule has 0 aliphatic heterocycles. The number of hydrogen-bond acceptors (Lipinski definition) is 1. The molecule has 10 aromatic rings. The molecule has 1 N–H and O–H groups in total. The summed E-state index contributed by atoms with van der Waals surface area (Å²) in [5, 5.41) is -12.8. The van der Waals surface area contributed by atoms with Gasteiger partial charge in [-0.3, -0.25) is 0 Å². The molecular weight excluding hydrogens is 675 g/mol. The summed E-state index contributed by atoms with van der Waals surface area (Å²) in [6.45, 7) is 0. The van der Waals surface area contributed by atoms with Crippen molar-refractivity contribution in [3.05, 3.63) is 81.2 Å². The normalized spacial score (nSPS) is 13.3. The van der Waals surface area contributed by atoms with Crippen molar-refractivity contribution in [2.75, 3.05) is 0 Å². The smallest absolute Gasteiger partial charge is 0.339 e. The lowest BCUT2D eigenvalue weighted by atomic mass is 9.75. The van der Waals surface area contributed by atoms with Crippen LogP contribution in [0.25, 0.3) is 97.0 Å². The average molecular weight is 676 g/mol. The van der Waals surface area contributed by atoms with Gasteiger partial charge in [-0.15, -0.1) is 0 Å². The van der Waals surface area contributed by atoms with Crippen molar-refractivity contribution >= 4 is 103 Å². The molecule has 0 radical (unpaired) electrons. The van der Waals surface area contributed by atoms with Gasteiger partial charge in [-0.1, -0.05) is 0 Å². The van der Waals surface area contributed by atoms with Gasteiger partial charge in [-0.25, -0.2) is 61.9 Å². The zero-order chi connectivity index (χ0) is 34.1. The summed E-state index contributed by atoms with van der Waals surface area (Å²) in [6, 6.07) is 0. The lowest BCUT2D eigenvalue weighted by Gasteiger charge is -2.28. The van der Waals surface area contributed by atoms with E-state index in [0.717, 1.165) is 0 Å². The van der Waals surface area contributed by atoms with E-state index in [0.29, 0.717) is 0 Å². The van der Waals surface area contributed by atoms with Crippen molar-refractivity contribution in [1.29, 1.82) is 0 Å². The zero-order valence-corrected chi connectivity index (χ0v) is 22.3. The molecule has 10 aromatic carbocycles. The second-order valence-corrected chi connectivity index (χ2v) is 11.5. The molecule has 0 spiro atoms. The fourth-order valence-electron chi connectivity index (χ4n) is 8.09. The van der Waals surface area contributed by atoms with Gasteiger partial charge in [0.2, 0.25) is 0 Å². The second kappa shape index (κ2) is 7.75. The molecule has 0 aromatic heterocycles. The zero-order valence-electron chi connectivity index (χ0n) is 22.3. The van der Waals surface area contributed by atoms with Crippen LogP contribution in [0, 0.1) is 75.6 Å². The molecule has 0 aliphatic rings. The lowest BCUT2D eigenvalue weighted by molar-refractivity contribution is 0.0694. The van der Waals surface area contributed by atoms with E-state index < -0.39 is 184 Å². The first-order valence-corrected chi connectivity index (χ1v) is 13.4. The minimum Gasteiger partial charge on any atom is -0.478 e. The standard InChI is InChI=1S/C33HF13O2/c34-20-11-3-1-2-5-8-7(3)15(22(36)19(11)33(47)48)26(40)30(44)16(8)28(42)24(38)13(5)21(35)14-6(2)10-9-4(1)12(20)23(37)27(41)17(9)31(45)32(46)18(10)29(43)25(14)39/h(H,47,48). The van der Waals surface area contributed by atoms with Gasteiger partial charge < -0.3 is 5.11 Å². The Morgan fingerprint density at radius 3 is 0.667 bits per heavy atom. The summed E-state index contributed by atoms with van der Waals surface area (Å²) in [5.41, 5.74) is -1.78. The van der Waals surface area contributed by atoms with E-state index in [1.807, 2.05) is 0 Å². The summed E-state index contributed by atoms with van der Waals surface area (Å²) in [7, 11) is 0. The van der Waals surface area contributed by atoms with E-state index >= 15 is 57.1 Å². The first kappa shape index (κ1) is 27.5. The van der Waals surface area contributed by atoms with E-state index in [2.05, 4.69) is 0 Å². The lowest BCUT2D eigenvalue weighted by Crippen LogP contribution is -2.12. The molecule has 10 rings (SSSR count). The SMILES string of the molecule is O=C(O)c1c(F)c2c(F)c(F)c3c(F)c(F)c4c(F)c5c(F)c(F)c6c(F)c(F)c7c(F)c(F)c8c(F)c1c1c2c3c4c2c5c6c7c8c12. The quantitative estimate of drug-likeness (QED) is 0.107. The number of rotatable bonds is 1. The molecule has 0 saturated carbocycles. The first-order valence-electron chi connectivity index (χ1n) is 13.4. The van der Waals surface area contributed by atoms with Crippen LogP contribution in [0.4, 0.5) is 57.1 Å². The van der Waals surface area contributed by atoms with E-state index in [-0.39, 0.29) is 0 Å². The van der Waals surface area contributed by atoms with Crippen LogP contribution in [-0.2, 0) is 0 Å². The van der Waals surface area contributed by atoms with Crippen LogP contribution in [0.5, 0.6) is 0 Å². The number of carboxylic acid groups (broad SMARTS) is 1. The highest BCUT2D eigenvalue weighted by Gasteiger charge is 2.41. The highest BCUT2D eigenvalue weighted by molar-refractivity contribution is 6.54. The fourth-order valence-corrected chi connectivity index (χ4v) is 8.09. The summed E-state index contributed by atoms with van der Waals surface area (Å²) in [4.78, 5) is 12.4. The molecule has 15 heteroatoms. The number of halogens is 13. The van der Waals surface area contributed by atoms with Crippen LogP contribution in [0.2, 0.25) is 0 Å². The molecule has 0 saturated heterocycles. The maximum Gasteiger partial charge on any atom is 0.339 e. The number of carbonyl (C=O) groups is 1. The molecule has 48 heavy (non-hydrogen) atoms. The van der Waals surface area contributed by atoms with Crippen LogP contribution < -0.4 is 0 Å². The Bertz CT molecular complexity index is 3190. The van der Waals surface area contributed by atoms with Crippen LogP contribution in [0.3, 0.4) is 0 Å². The highest BCUT2D eigenvalue weighted by Crippen LogP contribution is 2.59. The monoisotopic (exact) mass is 676 g/mol. The summed E-state index contributed by atoms with van der Waals surface area (Å²) in [6.07, 6.45) is 0. The van der Waals surface area contributed by atoms with Crippen LogP contribution in [0.15, 0.2) is 0 Å². The second-order valence-electron chi connectivity index (χ2n) is 11.5. The van der Waals surface area contributed by atoms with E-state index in [1.54, 1.807) is 0 Å². The molecule has 0 bridgehead atoms. The first-order chi connectivity index (χ1) is 22.7. The van der Waals surface area contributed by atoms with Crippen molar-refractivity contribution < 1.29 is 67.0 Å². The van der Waals surface area contributed by atoms with Gasteiger partial charge >= 0.3 is 5.97 Å². The number of aromatic carboxylic acids is 1. The van der Waals surface area contributed by atoms with Gasteiger partial charge in [-0.2, -0.15) is 0 Å². The number of benzene rings is 10. The fraction of sp³-hybridized carbons (Fsp3) is 0. The number of carboxylic acids is 1. The Balaban J connectivity index is 1.84. The molecule has 0 amide bonds. The minimum absolute atomic E-state index is 0.857. The molecule has 0 atom stereocenters. The summed E-state index contributed by atoms with van der Waals surface area (Å²) < 4.78 is 206. The Morgan fingerprint density at radius 1 is 0.250 bits per heavy atom. The Hall–Kier alpha value is -5.60. The Kier molecular flexibility index (Phi) is 4.44. The minimum atomic E-state index is -2.37. The maximum atomic E-state index is 16.7. The van der Waals surface area contributed by atoms with Crippen molar-refractivity contribution in [3.63, 3.8) is 0 Å². The third-order valence-corrected chi connectivity index (χ3v) is 9.69. The van der Waals surface area contributed by atoms with E-state index in [1.165, 1.54) is 0 Å². The molecule has 2 nitrogen and oxygen atoms in total. The van der Waals surface area contributed by atoms with Crippen LogP contribution >= 0.6 is 0 Å². The molecular formula is C33HF13O2. The Morgan fingerprint density at radius 2 is 0.417 bits per heavy atom. The van der Waals surface area contributed by atoms with Gasteiger partial charge in [0.1, 0.15) is 23.0 Å². The van der Waals surface area contributed by atoms with Gasteiger partial charge in [0.05, 0.1) is 37.7 Å². The largest absolute Gasteiger partial charge is 0.478 e. The summed E-state index contributed by atoms with van der Waals surface area (Å²) >= 11 is 0. The number of hydrogen-bond donors (Lipinski definition) is 1. The predicted octanol–water partition coefficient (Wildman–Crippen LogP) is 10.8. The van der Waals surface area contributed by atoms with Gasteiger partial charge in [0.15, 0.2) is 58.2 Å². The van der Waals surface area contributed by atoms with Crippen LogP contribution in [0.1, 0.15) is 10.4 Å². The van der Waals surface area contributed by atoms with Crippen molar-refractivity contribution in [1.82, 2.24) is 0 Å². The van der Waals surface area contributed by atoms with E-state index in [4.69, 9.17) is 0 Å². The van der Waals surface area contributed by atoms with Crippen molar-refractivity contribution in [3.8, 4) is 0 Å². The Labute approximate surface area is 251 Å². The third-order valence-electron chi connectivity index (χ3n) is 9.69. The average Bonchev–Trinajstić information content (AvgIpc) is 3.03.